The molecule has 4 aromatic rings. The number of fused-ring (bicyclic) bond motifs is 3. The number of aromatic nitrogens is 4. The van der Waals surface area contributed by atoms with E-state index in [2.05, 4.69) is 82.1 Å². The van der Waals surface area contributed by atoms with Crippen LogP contribution in [0.15, 0.2) is 83.8 Å². The number of rotatable bonds is 3. The zero-order valence-corrected chi connectivity index (χ0v) is 18.5. The van der Waals surface area contributed by atoms with Crippen LogP contribution >= 0.6 is 11.8 Å². The normalized spacial score (nSPS) is 18.8. The molecule has 0 radical (unpaired) electrons. The molecule has 2 aliphatic heterocycles. The van der Waals surface area contributed by atoms with Crippen LogP contribution in [-0.4, -0.2) is 26.0 Å². The first-order valence-electron chi connectivity index (χ1n) is 10.4. The monoisotopic (exact) mass is 439 g/mol. The summed E-state index contributed by atoms with van der Waals surface area (Å²) in [5.74, 6) is 1.57. The van der Waals surface area contributed by atoms with Gasteiger partial charge in [-0.3, -0.25) is 4.98 Å². The van der Waals surface area contributed by atoms with Gasteiger partial charge in [0.15, 0.2) is 0 Å². The summed E-state index contributed by atoms with van der Waals surface area (Å²) < 4.78 is 8.59. The Morgan fingerprint density at radius 1 is 1.06 bits per heavy atom. The van der Waals surface area contributed by atoms with Crippen molar-refractivity contribution in [3.63, 3.8) is 0 Å². The van der Waals surface area contributed by atoms with Crippen LogP contribution in [0.1, 0.15) is 34.4 Å². The van der Waals surface area contributed by atoms with Gasteiger partial charge in [0.1, 0.15) is 24.2 Å². The molecular formula is C25H21N5OS. The van der Waals surface area contributed by atoms with Crippen molar-refractivity contribution < 1.29 is 4.74 Å². The molecule has 7 heteroatoms. The van der Waals surface area contributed by atoms with E-state index in [1.165, 1.54) is 10.5 Å². The minimum Gasteiger partial charge on any atom is -0.480 e. The summed E-state index contributed by atoms with van der Waals surface area (Å²) in [5, 5.41) is 8.11. The van der Waals surface area contributed by atoms with Crippen LogP contribution in [0.2, 0.25) is 0 Å². The predicted octanol–water partition coefficient (Wildman–Crippen LogP) is 5.26. The van der Waals surface area contributed by atoms with Crippen LogP contribution in [0.3, 0.4) is 0 Å². The summed E-state index contributed by atoms with van der Waals surface area (Å²) in [5.41, 5.74) is 6.49. The zero-order chi connectivity index (χ0) is 21.7. The Morgan fingerprint density at radius 3 is 2.72 bits per heavy atom. The van der Waals surface area contributed by atoms with Crippen molar-refractivity contribution in [1.82, 2.24) is 19.7 Å². The summed E-state index contributed by atoms with van der Waals surface area (Å²) in [6.07, 6.45) is 7.08. The van der Waals surface area contributed by atoms with Crippen molar-refractivity contribution in [3.05, 3.63) is 101 Å². The highest BCUT2D eigenvalue weighted by Crippen LogP contribution is 2.50. The predicted molar refractivity (Wildman–Crippen MR) is 126 cm³/mol. The molecule has 158 valence electrons. The number of nitrogens with one attached hydrogen (secondary N) is 1. The quantitative estimate of drug-likeness (QED) is 0.439. The lowest BCUT2D eigenvalue weighted by Crippen LogP contribution is -2.32. The van der Waals surface area contributed by atoms with Gasteiger partial charge < -0.3 is 10.1 Å². The number of hydrogen-bond acceptors (Lipinski definition) is 6. The molecule has 0 amide bonds. The Labute approximate surface area is 190 Å². The minimum atomic E-state index is -0.272. The van der Waals surface area contributed by atoms with Gasteiger partial charge in [0, 0.05) is 28.4 Å². The van der Waals surface area contributed by atoms with Crippen molar-refractivity contribution in [2.45, 2.75) is 24.0 Å². The standard InChI is InChI=1S/C25H21N5OS/c1-15-5-10-20-19(12-15)22-21(24(31-20)16-6-8-18(32-2)9-7-16)23(17-4-3-11-26-13-17)30-25(29-22)27-14-28-30/h3-14,23-24H,1-2H3,(H,27,28,29). The Morgan fingerprint density at radius 2 is 1.94 bits per heavy atom. The highest BCUT2D eigenvalue weighted by molar-refractivity contribution is 7.98. The lowest BCUT2D eigenvalue weighted by molar-refractivity contribution is 0.223. The second-order valence-electron chi connectivity index (χ2n) is 7.94. The maximum atomic E-state index is 6.67. The molecule has 2 aliphatic rings. The first-order chi connectivity index (χ1) is 15.7. The SMILES string of the molecule is CSc1ccc(C2Oc3ccc(C)cc3C3=C2C(c2cccnc2)n2ncnc2N3)cc1. The number of ether oxygens (including phenoxy) is 1. The number of hydrogen-bond donors (Lipinski definition) is 1. The van der Waals surface area contributed by atoms with Crippen molar-refractivity contribution >= 4 is 23.4 Å². The average Bonchev–Trinajstić information content (AvgIpc) is 3.31. The second kappa shape index (κ2) is 7.53. The fraction of sp³-hybridized carbons (Fsp3) is 0.160. The van der Waals surface area contributed by atoms with Crippen molar-refractivity contribution in [3.8, 4) is 5.75 Å². The maximum absolute atomic E-state index is 6.67. The summed E-state index contributed by atoms with van der Waals surface area (Å²) in [6.45, 7) is 2.09. The second-order valence-corrected chi connectivity index (χ2v) is 8.82. The molecule has 0 spiro atoms. The van der Waals surface area contributed by atoms with Gasteiger partial charge in [-0.15, -0.1) is 11.8 Å². The van der Waals surface area contributed by atoms with Gasteiger partial charge in [-0.1, -0.05) is 29.8 Å². The van der Waals surface area contributed by atoms with Crippen LogP contribution in [0.5, 0.6) is 5.75 Å². The Balaban J connectivity index is 1.61. The maximum Gasteiger partial charge on any atom is 0.226 e. The number of anilines is 1. The van der Waals surface area contributed by atoms with Crippen LogP contribution in [-0.2, 0) is 0 Å². The van der Waals surface area contributed by atoms with Crippen LogP contribution in [0.25, 0.3) is 5.70 Å². The Kier molecular flexibility index (Phi) is 4.50. The van der Waals surface area contributed by atoms with Gasteiger partial charge in [0.05, 0.1) is 5.70 Å². The largest absolute Gasteiger partial charge is 0.480 e. The molecule has 0 aliphatic carbocycles. The molecular weight excluding hydrogens is 418 g/mol. The third kappa shape index (κ3) is 3.00. The summed E-state index contributed by atoms with van der Waals surface area (Å²) in [6, 6.07) is 18.7. The number of pyridine rings is 1. The first-order valence-corrected chi connectivity index (χ1v) is 11.7. The summed E-state index contributed by atoms with van der Waals surface area (Å²) in [7, 11) is 0. The van der Waals surface area contributed by atoms with E-state index in [9.17, 15) is 0 Å². The molecule has 6 nitrogen and oxygen atoms in total. The molecule has 0 saturated carbocycles. The lowest BCUT2D eigenvalue weighted by Gasteiger charge is -2.39. The first kappa shape index (κ1) is 19.1. The van der Waals surface area contributed by atoms with E-state index in [4.69, 9.17) is 4.74 Å². The molecule has 1 N–H and O–H groups in total. The third-order valence-electron chi connectivity index (χ3n) is 5.99. The molecule has 2 aromatic carbocycles. The van der Waals surface area contributed by atoms with Crippen molar-refractivity contribution in [2.24, 2.45) is 0 Å². The van der Waals surface area contributed by atoms with Gasteiger partial charge in [-0.2, -0.15) is 10.1 Å². The van der Waals surface area contributed by atoms with Gasteiger partial charge >= 0.3 is 0 Å². The molecule has 0 fully saturated rings. The Bertz CT molecular complexity index is 1330. The van der Waals surface area contributed by atoms with Crippen molar-refractivity contribution in [2.75, 3.05) is 11.6 Å². The lowest BCUT2D eigenvalue weighted by atomic mass is 9.85. The topological polar surface area (TPSA) is 64.9 Å². The van der Waals surface area contributed by atoms with E-state index in [1.807, 2.05) is 16.9 Å². The number of aryl methyl sites for hydroxylation is 1. The smallest absolute Gasteiger partial charge is 0.226 e. The molecule has 2 atom stereocenters. The fourth-order valence-electron chi connectivity index (χ4n) is 4.50. The van der Waals surface area contributed by atoms with E-state index in [0.717, 1.165) is 33.7 Å². The molecule has 4 heterocycles. The number of benzene rings is 2. The summed E-state index contributed by atoms with van der Waals surface area (Å²) >= 11 is 1.73. The molecule has 0 saturated heterocycles. The molecule has 0 bridgehead atoms. The van der Waals surface area contributed by atoms with Gasteiger partial charge in [0.25, 0.3) is 0 Å². The molecule has 2 aromatic heterocycles. The highest BCUT2D eigenvalue weighted by atomic mass is 32.2. The van der Waals surface area contributed by atoms with Gasteiger partial charge in [0.2, 0.25) is 5.95 Å². The molecule has 32 heavy (non-hydrogen) atoms. The van der Waals surface area contributed by atoms with E-state index in [1.54, 1.807) is 24.3 Å². The van der Waals surface area contributed by atoms with Gasteiger partial charge in [-0.25, -0.2) is 4.68 Å². The third-order valence-corrected chi connectivity index (χ3v) is 6.73. The van der Waals surface area contributed by atoms with Gasteiger partial charge in [-0.05, 0) is 54.6 Å². The fourth-order valence-corrected chi connectivity index (χ4v) is 4.90. The van der Waals surface area contributed by atoms with Crippen LogP contribution in [0, 0.1) is 6.92 Å². The zero-order valence-electron chi connectivity index (χ0n) is 17.7. The highest BCUT2D eigenvalue weighted by Gasteiger charge is 2.41. The molecule has 2 unspecified atom stereocenters. The van der Waals surface area contributed by atoms with E-state index >= 15 is 0 Å². The molecule has 6 rings (SSSR count). The van der Waals surface area contributed by atoms with Crippen molar-refractivity contribution in [1.29, 1.82) is 0 Å². The number of nitrogens with zero attached hydrogens (tertiary/aromatic N) is 4. The minimum absolute atomic E-state index is 0.184. The Hall–Kier alpha value is -3.58. The van der Waals surface area contributed by atoms with E-state index in [0.29, 0.717) is 5.95 Å². The number of thioether (sulfide) groups is 1. The van der Waals surface area contributed by atoms with Crippen LogP contribution < -0.4 is 10.1 Å². The van der Waals surface area contributed by atoms with Crippen LogP contribution in [0.4, 0.5) is 5.95 Å². The average molecular weight is 440 g/mol. The van der Waals surface area contributed by atoms with E-state index < -0.39 is 0 Å². The summed E-state index contributed by atoms with van der Waals surface area (Å²) in [4.78, 5) is 10.1. The van der Waals surface area contributed by atoms with E-state index in [-0.39, 0.29) is 12.1 Å².